The van der Waals surface area contributed by atoms with Crippen LogP contribution in [0, 0.1) is 0 Å². The van der Waals surface area contributed by atoms with Gasteiger partial charge in [0, 0.05) is 18.9 Å². The second-order valence-electron chi connectivity index (χ2n) is 6.32. The summed E-state index contributed by atoms with van der Waals surface area (Å²) in [6.07, 6.45) is 4.76. The van der Waals surface area contributed by atoms with E-state index in [0.717, 1.165) is 0 Å². The average molecular weight is 363 g/mol. The molecule has 6 nitrogen and oxygen atoms in total. The minimum absolute atomic E-state index is 0.119. The fourth-order valence-electron chi connectivity index (χ4n) is 3.40. The topological polar surface area (TPSA) is 86.7 Å². The SMILES string of the molecule is O=C1C[C@@H]2C/C=C\C[C@H](Nc3ccccc3Cl)C(=O)N2[C@H](C(=O)O)C1. The number of carboxylic acids is 1. The Balaban J connectivity index is 1.91. The van der Waals surface area contributed by atoms with Crippen LogP contribution in [0.1, 0.15) is 25.7 Å². The number of hydrogen-bond acceptors (Lipinski definition) is 4. The number of nitrogens with one attached hydrogen (secondary N) is 1. The van der Waals surface area contributed by atoms with Gasteiger partial charge in [-0.05, 0) is 25.0 Å². The van der Waals surface area contributed by atoms with Crippen molar-refractivity contribution in [3.05, 3.63) is 41.4 Å². The Morgan fingerprint density at radius 1 is 1.16 bits per heavy atom. The van der Waals surface area contributed by atoms with Crippen molar-refractivity contribution < 1.29 is 19.5 Å². The summed E-state index contributed by atoms with van der Waals surface area (Å²) in [6, 6.07) is 4.93. The summed E-state index contributed by atoms with van der Waals surface area (Å²) in [5, 5.41) is 13.1. The number of benzene rings is 1. The summed E-state index contributed by atoms with van der Waals surface area (Å²) in [6.45, 7) is 0. The third-order valence-electron chi connectivity index (χ3n) is 4.60. The predicted octanol–water partition coefficient (Wildman–Crippen LogP) is 2.48. The number of aliphatic carboxylic acids is 1. The molecule has 0 spiro atoms. The molecule has 0 radical (unpaired) electrons. The van der Waals surface area contributed by atoms with E-state index in [4.69, 9.17) is 11.6 Å². The van der Waals surface area contributed by atoms with Crippen LogP contribution in [0.3, 0.4) is 0 Å². The highest BCUT2D eigenvalue weighted by Crippen LogP contribution is 2.29. The van der Waals surface area contributed by atoms with Crippen LogP contribution in [0.2, 0.25) is 5.02 Å². The summed E-state index contributed by atoms with van der Waals surface area (Å²) in [5.74, 6) is -1.58. The number of para-hydroxylation sites is 1. The molecule has 2 aliphatic rings. The van der Waals surface area contributed by atoms with E-state index >= 15 is 0 Å². The number of ketones is 1. The van der Waals surface area contributed by atoms with Gasteiger partial charge < -0.3 is 15.3 Å². The molecule has 7 heteroatoms. The van der Waals surface area contributed by atoms with E-state index in [-0.39, 0.29) is 24.5 Å². The molecule has 0 aromatic heterocycles. The zero-order chi connectivity index (χ0) is 18.0. The molecule has 3 rings (SSSR count). The van der Waals surface area contributed by atoms with Crippen LogP contribution >= 0.6 is 11.6 Å². The van der Waals surface area contributed by atoms with Crippen molar-refractivity contribution in [2.24, 2.45) is 0 Å². The molecule has 25 heavy (non-hydrogen) atoms. The molecule has 132 valence electrons. The summed E-state index contributed by atoms with van der Waals surface area (Å²) in [5.41, 5.74) is 0.619. The van der Waals surface area contributed by atoms with Gasteiger partial charge in [0.05, 0.1) is 10.7 Å². The monoisotopic (exact) mass is 362 g/mol. The Bertz CT molecular complexity index is 734. The maximum absolute atomic E-state index is 13.1. The number of carbonyl (C=O) groups excluding carboxylic acids is 2. The van der Waals surface area contributed by atoms with Crippen LogP contribution in [-0.2, 0) is 14.4 Å². The van der Waals surface area contributed by atoms with Crippen molar-refractivity contribution in [1.29, 1.82) is 0 Å². The van der Waals surface area contributed by atoms with Crippen molar-refractivity contribution >= 4 is 34.9 Å². The van der Waals surface area contributed by atoms with Crippen molar-refractivity contribution in [3.8, 4) is 0 Å². The van der Waals surface area contributed by atoms with Crippen LogP contribution in [0.5, 0.6) is 0 Å². The number of anilines is 1. The molecule has 0 unspecified atom stereocenters. The molecule has 0 aliphatic carbocycles. The van der Waals surface area contributed by atoms with Gasteiger partial charge in [0.1, 0.15) is 17.9 Å². The Kier molecular flexibility index (Phi) is 5.08. The van der Waals surface area contributed by atoms with Crippen LogP contribution in [0.4, 0.5) is 5.69 Å². The number of hydrogen-bond donors (Lipinski definition) is 2. The van der Waals surface area contributed by atoms with Crippen molar-refractivity contribution in [1.82, 2.24) is 4.90 Å². The van der Waals surface area contributed by atoms with E-state index in [2.05, 4.69) is 5.32 Å². The highest BCUT2D eigenvalue weighted by atomic mass is 35.5. The molecule has 1 aromatic rings. The molecule has 2 N–H and O–H groups in total. The molecular formula is C18H19ClN2O4. The van der Waals surface area contributed by atoms with Gasteiger partial charge in [0.25, 0.3) is 0 Å². The molecule has 1 fully saturated rings. The zero-order valence-corrected chi connectivity index (χ0v) is 14.3. The first-order chi connectivity index (χ1) is 12.0. The molecule has 0 saturated carbocycles. The lowest BCUT2D eigenvalue weighted by Gasteiger charge is -2.41. The lowest BCUT2D eigenvalue weighted by molar-refractivity contribution is -0.158. The smallest absolute Gasteiger partial charge is 0.326 e. The number of piperidine rings is 1. The lowest BCUT2D eigenvalue weighted by Crippen LogP contribution is -2.59. The summed E-state index contributed by atoms with van der Waals surface area (Å²) >= 11 is 6.16. The standard InChI is InChI=1S/C18H19ClN2O4/c19-13-6-2-4-7-14(13)20-15-8-3-1-5-11-9-12(22)10-16(18(24)25)21(11)17(15)23/h1-4,6-7,11,15-16,20H,5,8-10H2,(H,24,25)/b3-1-/t11-,15-,16-/m0/s1. The van der Waals surface area contributed by atoms with Gasteiger partial charge in [-0.25, -0.2) is 4.79 Å². The summed E-state index contributed by atoms with van der Waals surface area (Å²) < 4.78 is 0. The van der Waals surface area contributed by atoms with Gasteiger partial charge in [-0.1, -0.05) is 35.9 Å². The Morgan fingerprint density at radius 2 is 1.88 bits per heavy atom. The molecule has 2 heterocycles. The summed E-state index contributed by atoms with van der Waals surface area (Å²) in [7, 11) is 0. The normalized spacial score (nSPS) is 27.9. The fraction of sp³-hybridized carbons (Fsp3) is 0.389. The van der Waals surface area contributed by atoms with Crippen LogP contribution < -0.4 is 5.32 Å². The molecular weight excluding hydrogens is 344 g/mol. The second kappa shape index (κ2) is 7.27. The third kappa shape index (κ3) is 3.69. The van der Waals surface area contributed by atoms with Gasteiger partial charge in [-0.15, -0.1) is 0 Å². The first kappa shape index (κ1) is 17.5. The maximum Gasteiger partial charge on any atom is 0.326 e. The highest BCUT2D eigenvalue weighted by molar-refractivity contribution is 6.33. The third-order valence-corrected chi connectivity index (χ3v) is 4.93. The second-order valence-corrected chi connectivity index (χ2v) is 6.73. The van der Waals surface area contributed by atoms with Crippen LogP contribution in [0.15, 0.2) is 36.4 Å². The predicted molar refractivity (Wildman–Crippen MR) is 93.5 cm³/mol. The summed E-state index contributed by atoms with van der Waals surface area (Å²) in [4.78, 5) is 38.0. The van der Waals surface area contributed by atoms with Crippen molar-refractivity contribution in [3.63, 3.8) is 0 Å². The molecule has 1 aromatic carbocycles. The van der Waals surface area contributed by atoms with Gasteiger partial charge in [0.2, 0.25) is 5.91 Å². The van der Waals surface area contributed by atoms with Crippen molar-refractivity contribution in [2.75, 3.05) is 5.32 Å². The molecule has 0 bridgehead atoms. The zero-order valence-electron chi connectivity index (χ0n) is 13.5. The Labute approximate surface area is 150 Å². The average Bonchev–Trinajstić information content (AvgIpc) is 2.56. The van der Waals surface area contributed by atoms with E-state index in [9.17, 15) is 19.5 Å². The van der Waals surface area contributed by atoms with E-state index < -0.39 is 24.1 Å². The van der Waals surface area contributed by atoms with Crippen molar-refractivity contribution in [2.45, 2.75) is 43.8 Å². The minimum atomic E-state index is -1.15. The fourth-order valence-corrected chi connectivity index (χ4v) is 3.59. The quantitative estimate of drug-likeness (QED) is 0.807. The van der Waals surface area contributed by atoms with E-state index in [1.54, 1.807) is 24.3 Å². The van der Waals surface area contributed by atoms with Crippen LogP contribution in [0.25, 0.3) is 0 Å². The highest BCUT2D eigenvalue weighted by Gasteiger charge is 2.43. The van der Waals surface area contributed by atoms with Gasteiger partial charge in [-0.3, -0.25) is 9.59 Å². The molecule has 1 amide bonds. The first-order valence-electron chi connectivity index (χ1n) is 8.20. The number of rotatable bonds is 3. The first-order valence-corrected chi connectivity index (χ1v) is 8.58. The van der Waals surface area contributed by atoms with Crippen LogP contribution in [-0.4, -0.2) is 45.8 Å². The number of amides is 1. The number of halogens is 1. The molecule has 2 aliphatic heterocycles. The number of fused-ring (bicyclic) bond motifs is 1. The Morgan fingerprint density at radius 3 is 2.60 bits per heavy atom. The van der Waals surface area contributed by atoms with Gasteiger partial charge in [-0.2, -0.15) is 0 Å². The maximum atomic E-state index is 13.1. The van der Waals surface area contributed by atoms with Gasteiger partial charge >= 0.3 is 5.97 Å². The molecule has 3 atom stereocenters. The number of carboxylic acid groups (broad SMARTS) is 1. The Hall–Kier alpha value is -2.34. The molecule has 1 saturated heterocycles. The van der Waals surface area contributed by atoms with E-state index in [0.29, 0.717) is 23.6 Å². The minimum Gasteiger partial charge on any atom is -0.480 e. The number of Topliss-reactive ketones (excluding diaryl/α,β-unsaturated/α-hetero) is 1. The number of carbonyl (C=O) groups is 3. The lowest BCUT2D eigenvalue weighted by atomic mass is 9.89. The van der Waals surface area contributed by atoms with E-state index in [1.807, 2.05) is 12.2 Å². The van der Waals surface area contributed by atoms with E-state index in [1.165, 1.54) is 4.90 Å². The number of nitrogens with zero attached hydrogens (tertiary/aromatic N) is 1. The largest absolute Gasteiger partial charge is 0.480 e. The van der Waals surface area contributed by atoms with Gasteiger partial charge in [0.15, 0.2) is 0 Å².